The van der Waals surface area contributed by atoms with Gasteiger partial charge in [0.15, 0.2) is 0 Å². The quantitative estimate of drug-likeness (QED) is 0.225. The van der Waals surface area contributed by atoms with Crippen LogP contribution in [0, 0.1) is 6.61 Å². The summed E-state index contributed by atoms with van der Waals surface area (Å²) < 4.78 is 4.69. The minimum Gasteiger partial charge on any atom is -0.402 e. The monoisotopic (exact) mass is 70.0 g/mol. The van der Waals surface area contributed by atoms with Crippen LogP contribution in [0.15, 0.2) is 0 Å². The first-order valence-electron chi connectivity index (χ1n) is 1.79. The van der Waals surface area contributed by atoms with Gasteiger partial charge >= 0.3 is 0 Å². The SMILES string of the molecule is C1=[O+][CH-]CC1. The van der Waals surface area contributed by atoms with Gasteiger partial charge in [-0.25, -0.2) is 0 Å². The summed E-state index contributed by atoms with van der Waals surface area (Å²) in [6.07, 6.45) is 4.00. The van der Waals surface area contributed by atoms with E-state index in [4.69, 9.17) is 4.42 Å². The predicted octanol–water partition coefficient (Wildman–Crippen LogP) is 0.677. The van der Waals surface area contributed by atoms with E-state index in [0.717, 1.165) is 12.8 Å². The van der Waals surface area contributed by atoms with Crippen LogP contribution in [-0.2, 0) is 4.42 Å². The van der Waals surface area contributed by atoms with E-state index in [0.29, 0.717) is 0 Å². The van der Waals surface area contributed by atoms with E-state index < -0.39 is 0 Å². The van der Waals surface area contributed by atoms with Crippen molar-refractivity contribution in [3.05, 3.63) is 6.61 Å². The second-order valence-electron chi connectivity index (χ2n) is 1.05. The molecule has 0 saturated heterocycles. The van der Waals surface area contributed by atoms with Gasteiger partial charge in [-0.05, 0) is 12.8 Å². The molecule has 1 heteroatoms. The van der Waals surface area contributed by atoms with Crippen molar-refractivity contribution in [2.24, 2.45) is 0 Å². The molecule has 5 heavy (non-hydrogen) atoms. The predicted molar refractivity (Wildman–Crippen MR) is 19.6 cm³/mol. The molecule has 1 rings (SSSR count). The van der Waals surface area contributed by atoms with Crippen LogP contribution in [0.3, 0.4) is 0 Å². The van der Waals surface area contributed by atoms with Crippen molar-refractivity contribution in [1.29, 1.82) is 0 Å². The Labute approximate surface area is 31.3 Å². The molecule has 1 aliphatic heterocycles. The molecule has 0 radical (unpaired) electrons. The number of rotatable bonds is 0. The van der Waals surface area contributed by atoms with Crippen LogP contribution in [0.2, 0.25) is 0 Å². The van der Waals surface area contributed by atoms with Crippen molar-refractivity contribution >= 4 is 6.29 Å². The van der Waals surface area contributed by atoms with Gasteiger partial charge in [-0.15, -0.1) is 0 Å². The lowest BCUT2D eigenvalue weighted by Gasteiger charge is -1.65. The summed E-state index contributed by atoms with van der Waals surface area (Å²) in [6, 6.07) is 0. The molecule has 0 aromatic carbocycles. The minimum absolute atomic E-state index is 1.10. The fourth-order valence-electron chi connectivity index (χ4n) is 0.340. The fraction of sp³-hybridized carbons (Fsp3) is 0.500. The second-order valence-corrected chi connectivity index (χ2v) is 1.05. The molecule has 0 aliphatic carbocycles. The lowest BCUT2D eigenvalue weighted by molar-refractivity contribution is -0.396. The molecule has 1 aliphatic rings. The molecule has 0 amide bonds. The molecule has 0 aromatic rings. The molecule has 1 heterocycles. The van der Waals surface area contributed by atoms with Crippen LogP contribution >= 0.6 is 0 Å². The summed E-state index contributed by atoms with van der Waals surface area (Å²) in [5.41, 5.74) is 0. The van der Waals surface area contributed by atoms with Gasteiger partial charge in [0.1, 0.15) is 12.9 Å². The Balaban J connectivity index is 2.32. The second kappa shape index (κ2) is 1.11. The highest BCUT2D eigenvalue weighted by Gasteiger charge is 1.89. The summed E-state index contributed by atoms with van der Waals surface area (Å²) >= 11 is 0. The Hall–Kier alpha value is -0.460. The van der Waals surface area contributed by atoms with Crippen LogP contribution in [0.4, 0.5) is 0 Å². The summed E-state index contributed by atoms with van der Waals surface area (Å²) in [5.74, 6) is 0. The molecule has 0 unspecified atom stereocenters. The minimum atomic E-state index is 1.10. The van der Waals surface area contributed by atoms with E-state index in [1.54, 1.807) is 12.9 Å². The van der Waals surface area contributed by atoms with E-state index in [2.05, 4.69) is 0 Å². The lowest BCUT2D eigenvalue weighted by atomic mass is 10.4. The molecule has 0 atom stereocenters. The van der Waals surface area contributed by atoms with E-state index in [1.165, 1.54) is 0 Å². The summed E-state index contributed by atoms with van der Waals surface area (Å²) in [4.78, 5) is 0. The first-order valence-corrected chi connectivity index (χ1v) is 1.79. The van der Waals surface area contributed by atoms with E-state index >= 15 is 0 Å². The first-order chi connectivity index (χ1) is 2.50. The molecule has 0 spiro atoms. The lowest BCUT2D eigenvalue weighted by Crippen LogP contribution is -1.56. The van der Waals surface area contributed by atoms with Crippen molar-refractivity contribution in [1.82, 2.24) is 0 Å². The van der Waals surface area contributed by atoms with Crippen molar-refractivity contribution in [3.8, 4) is 0 Å². The first kappa shape index (κ1) is 2.76. The van der Waals surface area contributed by atoms with Gasteiger partial charge in [0.2, 0.25) is 0 Å². The summed E-state index contributed by atoms with van der Waals surface area (Å²) in [7, 11) is 0. The van der Waals surface area contributed by atoms with Crippen LogP contribution in [-0.4, -0.2) is 6.29 Å². The maximum atomic E-state index is 4.69. The summed E-state index contributed by atoms with van der Waals surface area (Å²) in [5, 5.41) is 0. The number of aldehydes is 1. The largest absolute Gasteiger partial charge is 0.402 e. The van der Waals surface area contributed by atoms with Gasteiger partial charge < -0.3 is 4.42 Å². The average Bonchev–Trinajstić information content (AvgIpc) is 1.76. The highest BCUT2D eigenvalue weighted by Crippen LogP contribution is 1.93. The van der Waals surface area contributed by atoms with Crippen LogP contribution in [0.25, 0.3) is 0 Å². The highest BCUT2D eigenvalue weighted by molar-refractivity contribution is 5.51. The third-order valence-corrected chi connectivity index (χ3v) is 0.595. The maximum absolute atomic E-state index is 4.69. The Morgan fingerprint density at radius 3 is 3.00 bits per heavy atom. The van der Waals surface area contributed by atoms with Gasteiger partial charge in [0.05, 0.1) is 0 Å². The standard InChI is InChI=1S/C4H6O/c1-2-4-5-3-1/h3-4H,1-2H2. The van der Waals surface area contributed by atoms with Crippen molar-refractivity contribution in [2.75, 3.05) is 0 Å². The topological polar surface area (TPSA) is 11.3 Å². The van der Waals surface area contributed by atoms with Crippen molar-refractivity contribution in [3.63, 3.8) is 0 Å². The smallest absolute Gasteiger partial charge is 0.142 e. The van der Waals surface area contributed by atoms with E-state index in [9.17, 15) is 0 Å². The van der Waals surface area contributed by atoms with Crippen molar-refractivity contribution in [2.45, 2.75) is 12.8 Å². The van der Waals surface area contributed by atoms with Crippen molar-refractivity contribution < 1.29 is 4.42 Å². The Morgan fingerprint density at radius 1 is 1.80 bits per heavy atom. The Morgan fingerprint density at radius 2 is 2.80 bits per heavy atom. The maximum Gasteiger partial charge on any atom is 0.142 e. The average molecular weight is 70.1 g/mol. The number of hydrogen-bond acceptors (Lipinski definition) is 0. The molecule has 0 N–H and O–H groups in total. The normalized spacial score (nSPS) is 19.2. The van der Waals surface area contributed by atoms with Crippen LogP contribution < -0.4 is 0 Å². The van der Waals surface area contributed by atoms with Gasteiger partial charge in [0.25, 0.3) is 0 Å². The third kappa shape index (κ3) is 0.407. The third-order valence-electron chi connectivity index (χ3n) is 0.595. The van der Waals surface area contributed by atoms with Gasteiger partial charge in [0, 0.05) is 0 Å². The zero-order valence-corrected chi connectivity index (χ0v) is 2.98. The molecule has 1 nitrogen and oxygen atoms in total. The van der Waals surface area contributed by atoms with E-state index in [1.807, 2.05) is 0 Å². The molecular weight excluding hydrogens is 64.0 g/mol. The molecule has 0 fully saturated rings. The van der Waals surface area contributed by atoms with Crippen LogP contribution in [0.5, 0.6) is 0 Å². The highest BCUT2D eigenvalue weighted by atomic mass is 16.4. The molecule has 0 saturated carbocycles. The Bertz CT molecular complexity index is 41.6. The van der Waals surface area contributed by atoms with Gasteiger partial charge in [-0.3, -0.25) is 0 Å². The summed E-state index contributed by atoms with van der Waals surface area (Å²) in [6.45, 7) is 1.81. The van der Waals surface area contributed by atoms with E-state index in [-0.39, 0.29) is 0 Å². The number of carbonyl (C=O) groups excluding carboxylic acids is 1. The van der Waals surface area contributed by atoms with Gasteiger partial charge in [-0.2, -0.15) is 0 Å². The zero-order valence-electron chi connectivity index (χ0n) is 2.98. The molecule has 0 bridgehead atoms. The number of hydrogen-bond donors (Lipinski definition) is 0. The molecule has 28 valence electrons. The molecular formula is C4H6O. The van der Waals surface area contributed by atoms with Crippen LogP contribution in [0.1, 0.15) is 12.8 Å². The fourth-order valence-corrected chi connectivity index (χ4v) is 0.340. The Kier molecular flexibility index (Phi) is 0.612. The zero-order chi connectivity index (χ0) is 3.54. The molecule has 0 aromatic heterocycles. The van der Waals surface area contributed by atoms with Gasteiger partial charge in [-0.1, -0.05) is 0 Å².